The van der Waals surface area contributed by atoms with Crippen molar-refractivity contribution in [2.24, 2.45) is 0 Å². The summed E-state index contributed by atoms with van der Waals surface area (Å²) in [5, 5.41) is 11.5. The highest BCUT2D eigenvalue weighted by Gasteiger charge is 2.16. The Morgan fingerprint density at radius 1 is 1.00 bits per heavy atom. The first-order chi connectivity index (χ1) is 16.2. The van der Waals surface area contributed by atoms with Crippen LogP contribution in [0.1, 0.15) is 15.9 Å². The van der Waals surface area contributed by atoms with Crippen LogP contribution in [0.4, 0.5) is 5.82 Å². The quantitative estimate of drug-likeness (QED) is 0.386. The van der Waals surface area contributed by atoms with Gasteiger partial charge in [-0.25, -0.2) is 14.6 Å². The van der Waals surface area contributed by atoms with Crippen LogP contribution in [0.15, 0.2) is 61.1 Å². The van der Waals surface area contributed by atoms with Crippen molar-refractivity contribution in [1.82, 2.24) is 25.1 Å². The van der Waals surface area contributed by atoms with Crippen molar-refractivity contribution in [3.05, 3.63) is 72.2 Å². The summed E-state index contributed by atoms with van der Waals surface area (Å²) in [5.41, 5.74) is 2.38. The molecule has 1 amide bonds. The van der Waals surface area contributed by atoms with Crippen LogP contribution in [0.2, 0.25) is 0 Å². The number of anilines is 1. The third-order valence-corrected chi connectivity index (χ3v) is 5.24. The minimum Gasteiger partial charge on any atom is -0.493 e. The van der Waals surface area contributed by atoms with Crippen LogP contribution in [0.25, 0.3) is 11.0 Å². The molecule has 0 aliphatic heterocycles. The molecular weight excluding hydrogens is 420 g/mol. The molecule has 0 aliphatic carbocycles. The first-order valence-electron chi connectivity index (χ1n) is 10.6. The summed E-state index contributed by atoms with van der Waals surface area (Å²) in [4.78, 5) is 21.4. The Morgan fingerprint density at radius 3 is 2.64 bits per heavy atom. The summed E-state index contributed by atoms with van der Waals surface area (Å²) >= 11 is 0. The number of aromatic nitrogens is 4. The molecule has 0 aliphatic rings. The third-order valence-electron chi connectivity index (χ3n) is 5.24. The topological polar surface area (TPSA) is 103 Å². The Labute approximate surface area is 191 Å². The van der Waals surface area contributed by atoms with E-state index in [0.717, 1.165) is 24.2 Å². The van der Waals surface area contributed by atoms with Gasteiger partial charge in [-0.3, -0.25) is 4.79 Å². The second-order valence-corrected chi connectivity index (χ2v) is 7.29. The number of para-hydroxylation sites is 1. The van der Waals surface area contributed by atoms with Gasteiger partial charge in [0, 0.05) is 13.1 Å². The number of nitrogens with zero attached hydrogens (tertiary/aromatic N) is 4. The predicted molar refractivity (Wildman–Crippen MR) is 126 cm³/mol. The summed E-state index contributed by atoms with van der Waals surface area (Å²) in [7, 11) is 3.05. The molecule has 0 unspecified atom stereocenters. The molecule has 0 saturated carbocycles. The Balaban J connectivity index is 1.38. The Morgan fingerprint density at radius 2 is 1.85 bits per heavy atom. The van der Waals surface area contributed by atoms with E-state index in [1.54, 1.807) is 29.1 Å². The normalized spacial score (nSPS) is 10.7. The summed E-state index contributed by atoms with van der Waals surface area (Å²) in [6, 6.07) is 15.5. The van der Waals surface area contributed by atoms with Crippen molar-refractivity contribution in [2.75, 3.05) is 32.6 Å². The maximum atomic E-state index is 12.7. The molecule has 0 bridgehead atoms. The molecule has 0 atom stereocenters. The zero-order chi connectivity index (χ0) is 23.0. The molecule has 9 heteroatoms. The smallest absolute Gasteiger partial charge is 0.255 e. The van der Waals surface area contributed by atoms with E-state index in [1.165, 1.54) is 26.1 Å². The second kappa shape index (κ2) is 10.4. The number of carbonyl (C=O) groups is 1. The van der Waals surface area contributed by atoms with Crippen LogP contribution in [0.3, 0.4) is 0 Å². The van der Waals surface area contributed by atoms with E-state index in [1.807, 2.05) is 18.2 Å². The lowest BCUT2D eigenvalue weighted by Crippen LogP contribution is -2.28. The molecular formula is C24H26N6O3. The highest BCUT2D eigenvalue weighted by atomic mass is 16.5. The predicted octanol–water partition coefficient (Wildman–Crippen LogP) is 2.93. The molecule has 170 valence electrons. The van der Waals surface area contributed by atoms with Crippen LogP contribution >= 0.6 is 0 Å². The molecule has 0 spiro atoms. The van der Waals surface area contributed by atoms with Gasteiger partial charge in [0.05, 0.1) is 37.9 Å². The lowest BCUT2D eigenvalue weighted by atomic mass is 10.1. The van der Waals surface area contributed by atoms with Crippen molar-refractivity contribution in [3.8, 4) is 11.5 Å². The lowest BCUT2D eigenvalue weighted by Gasteiger charge is -2.12. The Hall–Kier alpha value is -4.14. The molecule has 2 N–H and O–H groups in total. The van der Waals surface area contributed by atoms with Crippen LogP contribution in [0.5, 0.6) is 11.5 Å². The first kappa shape index (κ1) is 22.1. The zero-order valence-corrected chi connectivity index (χ0v) is 18.6. The fourth-order valence-electron chi connectivity index (χ4n) is 3.60. The van der Waals surface area contributed by atoms with Gasteiger partial charge >= 0.3 is 0 Å². The van der Waals surface area contributed by atoms with Crippen molar-refractivity contribution < 1.29 is 14.3 Å². The van der Waals surface area contributed by atoms with E-state index >= 15 is 0 Å². The molecule has 0 radical (unpaired) electrons. The summed E-state index contributed by atoms with van der Waals surface area (Å²) < 4.78 is 12.4. The number of fused-ring (bicyclic) bond motifs is 1. The third kappa shape index (κ3) is 5.03. The van der Waals surface area contributed by atoms with Crippen LogP contribution in [-0.4, -0.2) is 53.0 Å². The van der Waals surface area contributed by atoms with Crippen molar-refractivity contribution >= 4 is 22.8 Å². The van der Waals surface area contributed by atoms with Gasteiger partial charge in [-0.2, -0.15) is 5.10 Å². The fraction of sp³-hybridized carbons (Fsp3) is 0.250. The average Bonchev–Trinajstić information content (AvgIpc) is 3.28. The minimum atomic E-state index is -0.250. The van der Waals surface area contributed by atoms with Crippen LogP contribution in [0, 0.1) is 0 Å². The van der Waals surface area contributed by atoms with E-state index < -0.39 is 0 Å². The number of carbonyl (C=O) groups excluding carboxylic acids is 1. The number of methoxy groups -OCH3 is 2. The maximum Gasteiger partial charge on any atom is 0.255 e. The minimum absolute atomic E-state index is 0.250. The van der Waals surface area contributed by atoms with Crippen molar-refractivity contribution in [2.45, 2.75) is 13.0 Å². The van der Waals surface area contributed by atoms with Gasteiger partial charge in [-0.1, -0.05) is 36.4 Å². The molecule has 4 aromatic rings. The maximum absolute atomic E-state index is 12.7. The monoisotopic (exact) mass is 446 g/mol. The van der Waals surface area contributed by atoms with E-state index in [0.29, 0.717) is 35.8 Å². The second-order valence-electron chi connectivity index (χ2n) is 7.29. The van der Waals surface area contributed by atoms with Gasteiger partial charge in [0.15, 0.2) is 17.1 Å². The van der Waals surface area contributed by atoms with Gasteiger partial charge in [0.2, 0.25) is 0 Å². The molecule has 0 saturated heterocycles. The van der Waals surface area contributed by atoms with E-state index in [9.17, 15) is 4.79 Å². The van der Waals surface area contributed by atoms with Gasteiger partial charge in [0.1, 0.15) is 12.1 Å². The lowest BCUT2D eigenvalue weighted by molar-refractivity contribution is 0.0948. The van der Waals surface area contributed by atoms with Gasteiger partial charge in [-0.15, -0.1) is 0 Å². The van der Waals surface area contributed by atoms with E-state index in [-0.39, 0.29) is 5.91 Å². The molecule has 33 heavy (non-hydrogen) atoms. The highest BCUT2D eigenvalue weighted by molar-refractivity contribution is 5.97. The number of hydrogen-bond acceptors (Lipinski definition) is 7. The Kier molecular flexibility index (Phi) is 6.99. The molecule has 0 fully saturated rings. The molecule has 9 nitrogen and oxygen atoms in total. The number of rotatable bonds is 10. The number of benzene rings is 2. The SMILES string of the molecule is COc1cccc(C(=O)NCCn2ncc3c(NCCc4ccccc4)ncnc32)c1OC. The summed E-state index contributed by atoms with van der Waals surface area (Å²) in [6.45, 7) is 1.58. The van der Waals surface area contributed by atoms with E-state index in [4.69, 9.17) is 9.47 Å². The van der Waals surface area contributed by atoms with E-state index in [2.05, 4.69) is 37.8 Å². The highest BCUT2D eigenvalue weighted by Crippen LogP contribution is 2.30. The van der Waals surface area contributed by atoms with Crippen LogP contribution in [-0.2, 0) is 13.0 Å². The number of nitrogens with one attached hydrogen (secondary N) is 2. The van der Waals surface area contributed by atoms with Crippen molar-refractivity contribution in [1.29, 1.82) is 0 Å². The number of hydrogen-bond donors (Lipinski definition) is 2. The Bertz CT molecular complexity index is 1230. The molecule has 4 rings (SSSR count). The standard InChI is InChI=1S/C24H26N6O3/c1-32-20-10-6-9-18(21(20)33-2)24(31)26-13-14-30-23-19(15-29-30)22(27-16-28-23)25-12-11-17-7-4-3-5-8-17/h3-10,15-16H,11-14H2,1-2H3,(H,26,31)(H,25,27,28). The van der Waals surface area contributed by atoms with Crippen LogP contribution < -0.4 is 20.1 Å². The molecule has 2 aromatic carbocycles. The fourth-order valence-corrected chi connectivity index (χ4v) is 3.60. The van der Waals surface area contributed by atoms with Gasteiger partial charge < -0.3 is 20.1 Å². The first-order valence-corrected chi connectivity index (χ1v) is 10.6. The summed E-state index contributed by atoms with van der Waals surface area (Å²) in [5.74, 6) is 1.40. The summed E-state index contributed by atoms with van der Waals surface area (Å²) in [6.07, 6.45) is 4.15. The molecule has 2 aromatic heterocycles. The van der Waals surface area contributed by atoms with Crippen molar-refractivity contribution in [3.63, 3.8) is 0 Å². The zero-order valence-electron chi connectivity index (χ0n) is 18.6. The average molecular weight is 447 g/mol. The largest absolute Gasteiger partial charge is 0.493 e. The molecule has 2 heterocycles. The number of amides is 1. The van der Waals surface area contributed by atoms with Gasteiger partial charge in [-0.05, 0) is 24.1 Å². The van der Waals surface area contributed by atoms with Gasteiger partial charge in [0.25, 0.3) is 5.91 Å². The number of ether oxygens (including phenoxy) is 2.